The molecule has 0 bridgehead atoms. The van der Waals surface area contributed by atoms with Crippen LogP contribution in [0, 0.1) is 13.8 Å². The number of carbonyl (C=O) groups is 1. The van der Waals surface area contributed by atoms with Crippen LogP contribution < -0.4 is 19.1 Å². The lowest BCUT2D eigenvalue weighted by atomic mass is 9.99. The molecule has 0 radical (unpaired) electrons. The number of hydrogen-bond acceptors (Lipinski definition) is 5. The van der Waals surface area contributed by atoms with E-state index in [9.17, 15) is 13.2 Å². The lowest BCUT2D eigenvalue weighted by molar-refractivity contribution is -0.120. The Morgan fingerprint density at radius 2 is 1.77 bits per heavy atom. The fourth-order valence-corrected chi connectivity index (χ4v) is 4.00. The Hall–Kier alpha value is -2.74. The average Bonchev–Trinajstić information content (AvgIpc) is 2.71. The van der Waals surface area contributed by atoms with Gasteiger partial charge in [0.2, 0.25) is 15.9 Å². The Balaban J connectivity index is 2.28. The summed E-state index contributed by atoms with van der Waals surface area (Å²) in [4.78, 5) is 12.8. The Kier molecular flexibility index (Phi) is 7.72. The first kappa shape index (κ1) is 23.5. The van der Waals surface area contributed by atoms with E-state index in [2.05, 4.69) is 5.32 Å². The van der Waals surface area contributed by atoms with Crippen molar-refractivity contribution in [1.82, 2.24) is 5.32 Å². The van der Waals surface area contributed by atoms with Gasteiger partial charge in [0.05, 0.1) is 32.2 Å². The van der Waals surface area contributed by atoms with Gasteiger partial charge in [0.15, 0.2) is 0 Å². The molecular weight excluding hydrogens is 404 g/mol. The van der Waals surface area contributed by atoms with E-state index in [0.29, 0.717) is 17.9 Å². The van der Waals surface area contributed by atoms with Crippen molar-refractivity contribution in [3.63, 3.8) is 0 Å². The van der Waals surface area contributed by atoms with E-state index in [1.165, 1.54) is 19.8 Å². The van der Waals surface area contributed by atoms with Crippen LogP contribution in [0.15, 0.2) is 36.4 Å². The van der Waals surface area contributed by atoms with Crippen molar-refractivity contribution < 1.29 is 22.7 Å². The predicted octanol–water partition coefficient (Wildman–Crippen LogP) is 3.35. The highest BCUT2D eigenvalue weighted by molar-refractivity contribution is 7.92. The minimum absolute atomic E-state index is 0.212. The minimum atomic E-state index is -3.73. The van der Waals surface area contributed by atoms with Gasteiger partial charge < -0.3 is 14.8 Å². The second-order valence-electron chi connectivity index (χ2n) is 7.18. The highest BCUT2D eigenvalue weighted by atomic mass is 32.2. The number of amides is 1. The van der Waals surface area contributed by atoms with Crippen LogP contribution in [0.4, 0.5) is 5.69 Å². The maximum Gasteiger partial charge on any atom is 0.241 e. The van der Waals surface area contributed by atoms with Gasteiger partial charge in [0.25, 0.3) is 0 Å². The van der Waals surface area contributed by atoms with Crippen molar-refractivity contribution in [1.29, 1.82) is 0 Å². The molecule has 2 aromatic rings. The largest absolute Gasteiger partial charge is 0.497 e. The molecule has 0 heterocycles. The normalized spacial score (nSPS) is 12.2. The van der Waals surface area contributed by atoms with Crippen molar-refractivity contribution in [3.8, 4) is 11.5 Å². The van der Waals surface area contributed by atoms with Crippen LogP contribution in [0.2, 0.25) is 0 Å². The van der Waals surface area contributed by atoms with Crippen molar-refractivity contribution in [3.05, 3.63) is 53.1 Å². The third-order valence-corrected chi connectivity index (χ3v) is 6.15. The number of nitrogens with one attached hydrogen (secondary N) is 1. The highest BCUT2D eigenvalue weighted by Crippen LogP contribution is 2.33. The number of rotatable bonds is 9. The summed E-state index contributed by atoms with van der Waals surface area (Å²) >= 11 is 0. The van der Waals surface area contributed by atoms with Gasteiger partial charge in [-0.15, -0.1) is 0 Å². The van der Waals surface area contributed by atoms with Gasteiger partial charge in [0, 0.05) is 6.07 Å². The maximum absolute atomic E-state index is 12.8. The summed E-state index contributed by atoms with van der Waals surface area (Å²) in [6.45, 7) is 5.67. The quantitative estimate of drug-likeness (QED) is 0.654. The molecule has 164 valence electrons. The summed E-state index contributed by atoms with van der Waals surface area (Å²) < 4.78 is 36.4. The van der Waals surface area contributed by atoms with Crippen LogP contribution in [0.5, 0.6) is 11.5 Å². The molecule has 2 aromatic carbocycles. The fraction of sp³-hybridized carbons (Fsp3) is 0.409. The van der Waals surface area contributed by atoms with E-state index >= 15 is 0 Å². The smallest absolute Gasteiger partial charge is 0.241 e. The summed E-state index contributed by atoms with van der Waals surface area (Å²) in [6, 6.07) is 10.6. The highest BCUT2D eigenvalue weighted by Gasteiger charge is 2.25. The zero-order chi connectivity index (χ0) is 22.5. The Morgan fingerprint density at radius 1 is 1.07 bits per heavy atom. The van der Waals surface area contributed by atoms with E-state index < -0.39 is 15.9 Å². The van der Waals surface area contributed by atoms with Crippen molar-refractivity contribution >= 4 is 21.6 Å². The van der Waals surface area contributed by atoms with Gasteiger partial charge in [-0.05, 0) is 49.1 Å². The van der Waals surface area contributed by atoms with Gasteiger partial charge >= 0.3 is 0 Å². The van der Waals surface area contributed by atoms with Gasteiger partial charge in [0.1, 0.15) is 18.0 Å². The number of hydrogen-bond donors (Lipinski definition) is 1. The number of aryl methyl sites for hydroxylation is 2. The molecule has 30 heavy (non-hydrogen) atoms. The van der Waals surface area contributed by atoms with Crippen molar-refractivity contribution in [2.45, 2.75) is 33.2 Å². The Bertz CT molecular complexity index is 1000. The van der Waals surface area contributed by atoms with Crippen LogP contribution in [0.25, 0.3) is 0 Å². The summed E-state index contributed by atoms with van der Waals surface area (Å²) in [5, 5.41) is 2.95. The molecule has 0 fully saturated rings. The van der Waals surface area contributed by atoms with E-state index in [-0.39, 0.29) is 18.3 Å². The molecule has 0 saturated heterocycles. The summed E-state index contributed by atoms with van der Waals surface area (Å²) in [7, 11) is -0.789. The molecule has 0 aliphatic heterocycles. The molecule has 1 atom stereocenters. The fourth-order valence-electron chi connectivity index (χ4n) is 3.14. The topological polar surface area (TPSA) is 84.9 Å². The summed E-state index contributed by atoms with van der Waals surface area (Å²) in [5.74, 6) is 0.423. The monoisotopic (exact) mass is 434 g/mol. The summed E-state index contributed by atoms with van der Waals surface area (Å²) in [6.07, 6.45) is 1.74. The average molecular weight is 435 g/mol. The molecule has 7 nitrogen and oxygen atoms in total. The maximum atomic E-state index is 12.8. The number of carbonyl (C=O) groups excluding carboxylic acids is 1. The van der Waals surface area contributed by atoms with E-state index in [1.54, 1.807) is 18.2 Å². The molecule has 1 N–H and O–H groups in total. The second kappa shape index (κ2) is 9.84. The SMILES string of the molecule is CC[C@H](NC(=O)CN(c1ccc(OC)cc1OC)S(C)(=O)=O)c1ccc(C)c(C)c1. The predicted molar refractivity (Wildman–Crippen MR) is 119 cm³/mol. The van der Waals surface area contributed by atoms with Crippen LogP contribution in [0.1, 0.15) is 36.1 Å². The second-order valence-corrected chi connectivity index (χ2v) is 9.09. The molecule has 0 saturated carbocycles. The molecule has 2 rings (SSSR count). The standard InChI is InChI=1S/C22H30N2O5S/c1-7-19(17-9-8-15(2)16(3)12-17)23-22(25)14-24(30(6,26)27)20-11-10-18(28-4)13-21(20)29-5/h8-13,19H,7,14H2,1-6H3,(H,23,25)/t19-/m0/s1. The molecular formula is C22H30N2O5S. The molecule has 0 aliphatic rings. The number of methoxy groups -OCH3 is 2. The first-order valence-corrected chi connectivity index (χ1v) is 11.5. The molecule has 0 aliphatic carbocycles. The molecule has 0 spiro atoms. The Labute approximate surface area is 179 Å². The first-order chi connectivity index (χ1) is 14.1. The van der Waals surface area contributed by atoms with Crippen molar-refractivity contribution in [2.24, 2.45) is 0 Å². The minimum Gasteiger partial charge on any atom is -0.497 e. The molecule has 0 aromatic heterocycles. The first-order valence-electron chi connectivity index (χ1n) is 9.67. The molecule has 1 amide bonds. The summed E-state index contributed by atoms with van der Waals surface area (Å²) in [5.41, 5.74) is 3.58. The molecule has 8 heteroatoms. The van der Waals surface area contributed by atoms with Crippen LogP contribution >= 0.6 is 0 Å². The van der Waals surface area contributed by atoms with Crippen molar-refractivity contribution in [2.75, 3.05) is 31.3 Å². The van der Waals surface area contributed by atoms with Crippen LogP contribution in [-0.4, -0.2) is 41.3 Å². The molecule has 0 unspecified atom stereocenters. The lowest BCUT2D eigenvalue weighted by Crippen LogP contribution is -2.41. The van der Waals surface area contributed by atoms with Gasteiger partial charge in [-0.1, -0.05) is 25.1 Å². The number of anilines is 1. The van der Waals surface area contributed by atoms with Gasteiger partial charge in [-0.3, -0.25) is 9.10 Å². The zero-order valence-electron chi connectivity index (χ0n) is 18.4. The van der Waals surface area contributed by atoms with Gasteiger partial charge in [-0.2, -0.15) is 0 Å². The lowest BCUT2D eigenvalue weighted by Gasteiger charge is -2.25. The van der Waals surface area contributed by atoms with Crippen LogP contribution in [-0.2, 0) is 14.8 Å². The number of benzene rings is 2. The van der Waals surface area contributed by atoms with Crippen LogP contribution in [0.3, 0.4) is 0 Å². The number of nitrogens with zero attached hydrogens (tertiary/aromatic N) is 1. The zero-order valence-corrected chi connectivity index (χ0v) is 19.2. The van der Waals surface area contributed by atoms with Gasteiger partial charge in [-0.25, -0.2) is 8.42 Å². The van der Waals surface area contributed by atoms with E-state index in [1.807, 2.05) is 39.0 Å². The van der Waals surface area contributed by atoms with E-state index in [0.717, 1.165) is 21.7 Å². The Morgan fingerprint density at radius 3 is 2.30 bits per heavy atom. The van der Waals surface area contributed by atoms with E-state index in [4.69, 9.17) is 9.47 Å². The number of ether oxygens (including phenoxy) is 2. The number of sulfonamides is 1. The third-order valence-electron chi connectivity index (χ3n) is 5.02. The third kappa shape index (κ3) is 5.66.